The van der Waals surface area contributed by atoms with Crippen molar-refractivity contribution in [3.05, 3.63) is 28.6 Å². The molecule has 0 aliphatic rings. The minimum atomic E-state index is -2.60. The van der Waals surface area contributed by atoms with E-state index in [-0.39, 0.29) is 18.5 Å². The summed E-state index contributed by atoms with van der Waals surface area (Å²) in [5, 5.41) is 0. The Bertz CT molecular complexity index is 422. The average molecular weight is 244 g/mol. The fourth-order valence-corrected chi connectivity index (χ4v) is 1.57. The van der Waals surface area contributed by atoms with Gasteiger partial charge in [-0.05, 0) is 18.1 Å². The normalized spacial score (nSPS) is 10.7. The third-order valence-electron chi connectivity index (χ3n) is 2.57. The van der Waals surface area contributed by atoms with Gasteiger partial charge in [-0.3, -0.25) is 9.78 Å². The van der Waals surface area contributed by atoms with Crippen molar-refractivity contribution < 1.29 is 18.3 Å². The zero-order chi connectivity index (χ0) is 13.0. The highest BCUT2D eigenvalue weighted by Gasteiger charge is 2.18. The maximum Gasteiger partial charge on any atom is 0.311 e. The van der Waals surface area contributed by atoms with Gasteiger partial charge in [0.15, 0.2) is 0 Å². The van der Waals surface area contributed by atoms with Crippen molar-refractivity contribution in [2.75, 3.05) is 7.11 Å². The first-order chi connectivity index (χ1) is 8.01. The van der Waals surface area contributed by atoms with Crippen LogP contribution in [0, 0.1) is 6.92 Å². The predicted molar refractivity (Wildman–Crippen MR) is 57.5 cm³/mol. The predicted octanol–water partition coefficient (Wildman–Crippen LogP) is 1.50. The summed E-state index contributed by atoms with van der Waals surface area (Å²) in [4.78, 5) is 15.0. The molecule has 0 aliphatic carbocycles. The van der Waals surface area contributed by atoms with Crippen molar-refractivity contribution in [2.45, 2.75) is 26.3 Å². The molecule has 0 amide bonds. The van der Waals surface area contributed by atoms with E-state index in [1.165, 1.54) is 7.11 Å². The molecule has 0 spiro atoms. The number of nitrogens with zero attached hydrogens (tertiary/aromatic N) is 1. The largest absolute Gasteiger partial charge is 0.469 e. The number of carbonyl (C=O) groups is 1. The van der Waals surface area contributed by atoms with Crippen LogP contribution in [0.5, 0.6) is 0 Å². The monoisotopic (exact) mass is 244 g/mol. The molecule has 0 aromatic carbocycles. The van der Waals surface area contributed by atoms with Gasteiger partial charge in [0.25, 0.3) is 6.43 Å². The van der Waals surface area contributed by atoms with Gasteiger partial charge in [-0.25, -0.2) is 8.78 Å². The van der Waals surface area contributed by atoms with E-state index in [1.807, 2.05) is 0 Å². The van der Waals surface area contributed by atoms with Crippen LogP contribution in [0.15, 0.2) is 6.20 Å². The maximum absolute atomic E-state index is 12.6. The van der Waals surface area contributed by atoms with Crippen LogP contribution in [0.4, 0.5) is 8.78 Å². The van der Waals surface area contributed by atoms with E-state index in [2.05, 4.69) is 9.72 Å². The molecule has 4 nitrogen and oxygen atoms in total. The van der Waals surface area contributed by atoms with Gasteiger partial charge in [0.05, 0.1) is 19.2 Å². The van der Waals surface area contributed by atoms with Crippen LogP contribution in [0.3, 0.4) is 0 Å². The van der Waals surface area contributed by atoms with Crippen LogP contribution in [-0.2, 0) is 22.5 Å². The molecule has 0 radical (unpaired) electrons. The van der Waals surface area contributed by atoms with Crippen LogP contribution in [0.2, 0.25) is 0 Å². The van der Waals surface area contributed by atoms with Crippen LogP contribution in [-0.4, -0.2) is 18.1 Å². The fraction of sp³-hybridized carbons (Fsp3) is 0.455. The molecule has 94 valence electrons. The Hall–Kier alpha value is -1.56. The highest BCUT2D eigenvalue weighted by molar-refractivity contribution is 5.72. The molecule has 1 aromatic rings. The maximum atomic E-state index is 12.6. The highest BCUT2D eigenvalue weighted by atomic mass is 19.3. The van der Waals surface area contributed by atoms with Gasteiger partial charge < -0.3 is 10.5 Å². The van der Waals surface area contributed by atoms with Crippen LogP contribution in [0.25, 0.3) is 0 Å². The Balaban J connectivity index is 3.16. The molecule has 17 heavy (non-hydrogen) atoms. The second-order valence-corrected chi connectivity index (χ2v) is 3.52. The standard InChI is InChI=1S/C11H14F2N2O2/c1-6-7(4-14)9(3-10(16)17-2)15-5-8(6)11(12)13/h5,11H,3-4,14H2,1-2H3. The van der Waals surface area contributed by atoms with Crippen molar-refractivity contribution in [3.8, 4) is 0 Å². The number of ether oxygens (including phenoxy) is 1. The van der Waals surface area contributed by atoms with Crippen molar-refractivity contribution in [1.82, 2.24) is 4.98 Å². The third-order valence-corrected chi connectivity index (χ3v) is 2.57. The summed E-state index contributed by atoms with van der Waals surface area (Å²) in [6.45, 7) is 1.61. The quantitative estimate of drug-likeness (QED) is 0.815. The first kappa shape index (κ1) is 13.5. The number of pyridine rings is 1. The molecular formula is C11H14F2N2O2. The van der Waals surface area contributed by atoms with Crippen LogP contribution < -0.4 is 5.73 Å². The molecule has 2 N–H and O–H groups in total. The summed E-state index contributed by atoms with van der Waals surface area (Å²) in [6.07, 6.45) is -1.58. The molecule has 0 aliphatic heterocycles. The molecular weight excluding hydrogens is 230 g/mol. The number of halogens is 2. The number of nitrogens with two attached hydrogens (primary N) is 1. The molecule has 0 unspecified atom stereocenters. The zero-order valence-corrected chi connectivity index (χ0v) is 9.67. The van der Waals surface area contributed by atoms with Crippen molar-refractivity contribution in [1.29, 1.82) is 0 Å². The second-order valence-electron chi connectivity index (χ2n) is 3.52. The van der Waals surface area contributed by atoms with Gasteiger partial charge in [-0.15, -0.1) is 0 Å². The minimum Gasteiger partial charge on any atom is -0.469 e. The highest BCUT2D eigenvalue weighted by Crippen LogP contribution is 2.25. The molecule has 0 fully saturated rings. The van der Waals surface area contributed by atoms with Crippen LogP contribution in [0.1, 0.15) is 28.8 Å². The van der Waals surface area contributed by atoms with E-state index in [9.17, 15) is 13.6 Å². The molecule has 0 saturated heterocycles. The summed E-state index contributed by atoms with van der Waals surface area (Å²) in [6, 6.07) is 0. The number of aromatic nitrogens is 1. The van der Waals surface area contributed by atoms with Crippen molar-refractivity contribution in [2.24, 2.45) is 5.73 Å². The molecule has 1 heterocycles. The average Bonchev–Trinajstić information content (AvgIpc) is 2.28. The Labute approximate surface area is 97.8 Å². The smallest absolute Gasteiger partial charge is 0.311 e. The Morgan fingerprint density at radius 3 is 2.71 bits per heavy atom. The minimum absolute atomic E-state index is 0.0612. The number of carbonyl (C=O) groups excluding carboxylic acids is 1. The van der Waals surface area contributed by atoms with Gasteiger partial charge in [0, 0.05) is 18.3 Å². The van der Waals surface area contributed by atoms with E-state index in [0.29, 0.717) is 16.8 Å². The fourth-order valence-electron chi connectivity index (χ4n) is 1.57. The number of hydrogen-bond acceptors (Lipinski definition) is 4. The van der Waals surface area contributed by atoms with Gasteiger partial charge in [0.1, 0.15) is 0 Å². The topological polar surface area (TPSA) is 65.2 Å². The number of hydrogen-bond donors (Lipinski definition) is 1. The molecule has 0 saturated carbocycles. The first-order valence-electron chi connectivity index (χ1n) is 5.03. The number of methoxy groups -OCH3 is 1. The summed E-state index contributed by atoms with van der Waals surface area (Å²) in [5.74, 6) is -0.476. The number of rotatable bonds is 4. The lowest BCUT2D eigenvalue weighted by molar-refractivity contribution is -0.139. The van der Waals surface area contributed by atoms with E-state index >= 15 is 0 Å². The lowest BCUT2D eigenvalue weighted by Crippen LogP contribution is -2.14. The summed E-state index contributed by atoms with van der Waals surface area (Å²) in [5.41, 5.74) is 6.60. The van der Waals surface area contributed by atoms with Gasteiger partial charge >= 0.3 is 5.97 Å². The zero-order valence-electron chi connectivity index (χ0n) is 9.67. The summed E-state index contributed by atoms with van der Waals surface area (Å²) >= 11 is 0. The first-order valence-corrected chi connectivity index (χ1v) is 5.03. The van der Waals surface area contributed by atoms with E-state index < -0.39 is 12.4 Å². The third kappa shape index (κ3) is 2.97. The number of esters is 1. The van der Waals surface area contributed by atoms with Gasteiger partial charge in [-0.2, -0.15) is 0 Å². The molecule has 1 rings (SSSR count). The van der Waals surface area contributed by atoms with E-state index in [1.54, 1.807) is 6.92 Å². The molecule has 0 bridgehead atoms. The molecule has 6 heteroatoms. The molecule has 1 aromatic heterocycles. The Morgan fingerprint density at radius 1 is 1.59 bits per heavy atom. The van der Waals surface area contributed by atoms with Crippen molar-refractivity contribution in [3.63, 3.8) is 0 Å². The Morgan fingerprint density at radius 2 is 2.24 bits per heavy atom. The molecule has 0 atom stereocenters. The van der Waals surface area contributed by atoms with Gasteiger partial charge in [0.2, 0.25) is 0 Å². The number of alkyl halides is 2. The van der Waals surface area contributed by atoms with Crippen LogP contribution >= 0.6 is 0 Å². The second kappa shape index (κ2) is 5.67. The van der Waals surface area contributed by atoms with E-state index in [4.69, 9.17) is 5.73 Å². The SMILES string of the molecule is COC(=O)Cc1ncc(C(F)F)c(C)c1CN. The Kier molecular flexibility index (Phi) is 4.51. The lowest BCUT2D eigenvalue weighted by Gasteiger charge is -2.13. The van der Waals surface area contributed by atoms with Gasteiger partial charge in [-0.1, -0.05) is 0 Å². The van der Waals surface area contributed by atoms with Crippen molar-refractivity contribution >= 4 is 5.97 Å². The van der Waals surface area contributed by atoms with E-state index in [0.717, 1.165) is 6.20 Å². The summed E-state index contributed by atoms with van der Waals surface area (Å²) < 4.78 is 29.8. The summed E-state index contributed by atoms with van der Waals surface area (Å²) in [7, 11) is 1.25. The lowest BCUT2D eigenvalue weighted by atomic mass is 10.0.